The van der Waals surface area contributed by atoms with Crippen molar-refractivity contribution in [3.8, 4) is 0 Å². The monoisotopic (exact) mass is 297 g/mol. The first-order valence-corrected chi connectivity index (χ1v) is 6.42. The molecule has 4 nitrogen and oxygen atoms in total. The van der Waals surface area contributed by atoms with Crippen LogP contribution >= 0.6 is 23.2 Å². The average Bonchev–Trinajstić information content (AvgIpc) is 2.81. The van der Waals surface area contributed by atoms with Crippen molar-refractivity contribution in [1.29, 1.82) is 0 Å². The number of aliphatic hydroxyl groups is 1. The molecule has 0 fully saturated rings. The van der Waals surface area contributed by atoms with Crippen LogP contribution in [0, 0.1) is 0 Å². The molecule has 19 heavy (non-hydrogen) atoms. The maximum Gasteiger partial charge on any atom is 0.137 e. The van der Waals surface area contributed by atoms with Gasteiger partial charge >= 0.3 is 0 Å². The lowest BCUT2D eigenvalue weighted by Gasteiger charge is -2.28. The van der Waals surface area contributed by atoms with Gasteiger partial charge in [-0.3, -0.25) is 0 Å². The van der Waals surface area contributed by atoms with Crippen LogP contribution in [0.1, 0.15) is 12.0 Å². The minimum absolute atomic E-state index is 0.236. The number of hydrogen-bond donors (Lipinski definition) is 1. The van der Waals surface area contributed by atoms with Gasteiger partial charge in [0.05, 0.1) is 6.54 Å². The summed E-state index contributed by atoms with van der Waals surface area (Å²) in [6.07, 6.45) is 4.94. The third-order valence-corrected chi connectivity index (χ3v) is 3.35. The lowest BCUT2D eigenvalue weighted by atomic mass is 9.90. The molecule has 0 aliphatic carbocycles. The molecule has 1 aromatic heterocycles. The van der Waals surface area contributed by atoms with Gasteiger partial charge in [-0.05, 0) is 18.6 Å². The average molecular weight is 298 g/mol. The van der Waals surface area contributed by atoms with E-state index in [0.717, 1.165) is 0 Å². The molecular formula is C13H13Cl2N3O. The van der Waals surface area contributed by atoms with Gasteiger partial charge in [-0.2, -0.15) is 5.10 Å². The van der Waals surface area contributed by atoms with Crippen LogP contribution in [0.15, 0.2) is 43.5 Å². The fraction of sp³-hybridized carbons (Fsp3) is 0.231. The lowest BCUT2D eigenvalue weighted by Crippen LogP contribution is -2.31. The number of halogens is 2. The van der Waals surface area contributed by atoms with Crippen LogP contribution in [0.2, 0.25) is 10.0 Å². The predicted octanol–water partition coefficient (Wildman–Crippen LogP) is 3.05. The molecule has 0 radical (unpaired) electrons. The summed E-state index contributed by atoms with van der Waals surface area (Å²) in [5, 5.41) is 15.8. The van der Waals surface area contributed by atoms with E-state index in [9.17, 15) is 5.11 Å². The van der Waals surface area contributed by atoms with Crippen molar-refractivity contribution < 1.29 is 5.11 Å². The largest absolute Gasteiger partial charge is 0.383 e. The van der Waals surface area contributed by atoms with Crippen molar-refractivity contribution in [2.45, 2.75) is 18.6 Å². The van der Waals surface area contributed by atoms with Gasteiger partial charge in [0.2, 0.25) is 0 Å². The van der Waals surface area contributed by atoms with E-state index in [-0.39, 0.29) is 6.54 Å². The first kappa shape index (κ1) is 14.1. The van der Waals surface area contributed by atoms with E-state index < -0.39 is 5.60 Å². The summed E-state index contributed by atoms with van der Waals surface area (Å²) in [4.78, 5) is 3.86. The second-order valence-electron chi connectivity index (χ2n) is 4.24. The molecule has 1 atom stereocenters. The third kappa shape index (κ3) is 3.15. The molecule has 2 rings (SSSR count). The van der Waals surface area contributed by atoms with Crippen LogP contribution in [0.4, 0.5) is 0 Å². The van der Waals surface area contributed by atoms with Crippen molar-refractivity contribution >= 4 is 23.2 Å². The molecule has 100 valence electrons. The number of hydrogen-bond acceptors (Lipinski definition) is 3. The molecule has 1 N–H and O–H groups in total. The van der Waals surface area contributed by atoms with Crippen LogP contribution < -0.4 is 0 Å². The number of nitrogens with zero attached hydrogens (tertiary/aromatic N) is 3. The smallest absolute Gasteiger partial charge is 0.137 e. The molecule has 0 saturated carbocycles. The van der Waals surface area contributed by atoms with Crippen molar-refractivity contribution in [2.24, 2.45) is 0 Å². The van der Waals surface area contributed by atoms with E-state index in [4.69, 9.17) is 23.2 Å². The van der Waals surface area contributed by atoms with E-state index in [1.54, 1.807) is 29.0 Å². The van der Waals surface area contributed by atoms with E-state index in [0.29, 0.717) is 22.0 Å². The fourth-order valence-electron chi connectivity index (χ4n) is 1.95. The van der Waals surface area contributed by atoms with Crippen molar-refractivity contribution in [3.63, 3.8) is 0 Å². The summed E-state index contributed by atoms with van der Waals surface area (Å²) < 4.78 is 1.55. The Kier molecular flexibility index (Phi) is 4.24. The summed E-state index contributed by atoms with van der Waals surface area (Å²) in [7, 11) is 0. The Hall–Kier alpha value is -1.36. The van der Waals surface area contributed by atoms with Gasteiger partial charge in [-0.15, -0.1) is 6.58 Å². The van der Waals surface area contributed by atoms with Gasteiger partial charge in [-0.25, -0.2) is 9.67 Å². The molecular weight excluding hydrogens is 285 g/mol. The molecule has 1 heterocycles. The predicted molar refractivity (Wildman–Crippen MR) is 75.2 cm³/mol. The van der Waals surface area contributed by atoms with Gasteiger partial charge in [0.1, 0.15) is 18.3 Å². The highest BCUT2D eigenvalue weighted by atomic mass is 35.5. The molecule has 1 unspecified atom stereocenters. The van der Waals surface area contributed by atoms with Gasteiger partial charge < -0.3 is 5.11 Å². The number of benzene rings is 1. The Bertz CT molecular complexity index is 571. The Labute approximate surface area is 121 Å². The summed E-state index contributed by atoms with van der Waals surface area (Å²) >= 11 is 12.0. The molecule has 0 spiro atoms. The molecule has 0 amide bonds. The highest BCUT2D eigenvalue weighted by Crippen LogP contribution is 2.34. The Balaban J connectivity index is 2.40. The van der Waals surface area contributed by atoms with Crippen molar-refractivity contribution in [3.05, 3.63) is 59.1 Å². The minimum Gasteiger partial charge on any atom is -0.383 e. The van der Waals surface area contributed by atoms with Gasteiger partial charge in [0.25, 0.3) is 0 Å². The summed E-state index contributed by atoms with van der Waals surface area (Å²) in [5.74, 6) is 0. The van der Waals surface area contributed by atoms with E-state index in [1.165, 1.54) is 12.7 Å². The van der Waals surface area contributed by atoms with Crippen molar-refractivity contribution in [2.75, 3.05) is 0 Å². The summed E-state index contributed by atoms with van der Waals surface area (Å²) in [5.41, 5.74) is -0.606. The molecule has 2 aromatic rings. The highest BCUT2D eigenvalue weighted by molar-refractivity contribution is 6.35. The number of aromatic nitrogens is 3. The Morgan fingerprint density at radius 2 is 2.21 bits per heavy atom. The van der Waals surface area contributed by atoms with E-state index >= 15 is 0 Å². The Morgan fingerprint density at radius 3 is 2.79 bits per heavy atom. The van der Waals surface area contributed by atoms with Crippen molar-refractivity contribution in [1.82, 2.24) is 14.8 Å². The summed E-state index contributed by atoms with van der Waals surface area (Å²) in [6.45, 7) is 3.91. The fourth-order valence-corrected chi connectivity index (χ4v) is 2.53. The van der Waals surface area contributed by atoms with Crippen LogP contribution in [-0.2, 0) is 12.1 Å². The van der Waals surface area contributed by atoms with Gasteiger partial charge in [0.15, 0.2) is 0 Å². The zero-order chi connectivity index (χ0) is 13.9. The van der Waals surface area contributed by atoms with Gasteiger partial charge in [-0.1, -0.05) is 35.3 Å². The second-order valence-corrected chi connectivity index (χ2v) is 5.09. The quantitative estimate of drug-likeness (QED) is 0.863. The van der Waals surface area contributed by atoms with Crippen LogP contribution in [-0.4, -0.2) is 19.9 Å². The zero-order valence-electron chi connectivity index (χ0n) is 10.1. The molecule has 0 saturated heterocycles. The first-order chi connectivity index (χ1) is 9.05. The van der Waals surface area contributed by atoms with Crippen LogP contribution in [0.3, 0.4) is 0 Å². The molecule has 0 aliphatic rings. The molecule has 0 bridgehead atoms. The zero-order valence-corrected chi connectivity index (χ0v) is 11.6. The molecule has 6 heteroatoms. The lowest BCUT2D eigenvalue weighted by molar-refractivity contribution is 0.0179. The minimum atomic E-state index is -1.20. The third-order valence-electron chi connectivity index (χ3n) is 2.80. The van der Waals surface area contributed by atoms with Crippen LogP contribution in [0.5, 0.6) is 0 Å². The maximum atomic E-state index is 10.8. The standard InChI is InChI=1S/C13H13Cl2N3O/c1-2-5-13(19,7-18-9-16-8-17-18)11-4-3-10(14)6-12(11)15/h2-4,6,8-9,19H,1,5,7H2. The normalized spacial score (nSPS) is 14.1. The SMILES string of the molecule is C=CCC(O)(Cn1cncn1)c1ccc(Cl)cc1Cl. The van der Waals surface area contributed by atoms with E-state index in [1.807, 2.05) is 0 Å². The topological polar surface area (TPSA) is 50.9 Å². The summed E-state index contributed by atoms with van der Waals surface area (Å²) in [6, 6.07) is 5.01. The van der Waals surface area contributed by atoms with E-state index in [2.05, 4.69) is 16.7 Å². The Morgan fingerprint density at radius 1 is 1.42 bits per heavy atom. The highest BCUT2D eigenvalue weighted by Gasteiger charge is 2.31. The first-order valence-electron chi connectivity index (χ1n) is 5.66. The molecule has 1 aromatic carbocycles. The molecule has 0 aliphatic heterocycles. The van der Waals surface area contributed by atoms with Crippen LogP contribution in [0.25, 0.3) is 0 Å². The number of rotatable bonds is 5. The van der Waals surface area contributed by atoms with Gasteiger partial charge in [0, 0.05) is 15.6 Å². The maximum absolute atomic E-state index is 10.8. The second kappa shape index (κ2) is 5.74.